The number of hydrogen-bond donors (Lipinski definition) is 1. The summed E-state index contributed by atoms with van der Waals surface area (Å²) in [7, 11) is 5.16. The molecule has 160 valence electrons. The lowest BCUT2D eigenvalue weighted by atomic mass is 10.2. The van der Waals surface area contributed by atoms with Crippen molar-refractivity contribution in [2.45, 2.75) is 6.54 Å². The van der Waals surface area contributed by atoms with E-state index in [-0.39, 0.29) is 12.5 Å². The second-order valence-electron chi connectivity index (χ2n) is 7.29. The van der Waals surface area contributed by atoms with E-state index in [2.05, 4.69) is 20.1 Å². The zero-order chi connectivity index (χ0) is 21.3. The number of aliphatic imine (C=N–C) groups is 1. The van der Waals surface area contributed by atoms with Crippen LogP contribution in [0.5, 0.6) is 5.75 Å². The van der Waals surface area contributed by atoms with Crippen LogP contribution in [0.3, 0.4) is 0 Å². The van der Waals surface area contributed by atoms with Crippen LogP contribution in [0.15, 0.2) is 53.7 Å². The van der Waals surface area contributed by atoms with E-state index >= 15 is 0 Å². The minimum Gasteiger partial charge on any atom is -0.497 e. The molecule has 0 unspecified atom stereocenters. The van der Waals surface area contributed by atoms with Crippen molar-refractivity contribution in [3.05, 3.63) is 54.2 Å². The topological polar surface area (TPSA) is 73.3 Å². The Labute approximate surface area is 178 Å². The monoisotopic (exact) mass is 410 g/mol. The molecular formula is C22H30N6O2. The number of nitrogens with zero attached hydrogens (tertiary/aromatic N) is 5. The van der Waals surface area contributed by atoms with E-state index in [0.717, 1.165) is 49.3 Å². The minimum atomic E-state index is 0.0132. The normalized spacial score (nSPS) is 14.4. The molecule has 30 heavy (non-hydrogen) atoms. The zero-order valence-electron chi connectivity index (χ0n) is 17.9. The highest BCUT2D eigenvalue weighted by Gasteiger charge is 2.21. The van der Waals surface area contributed by atoms with Crippen molar-refractivity contribution in [3.63, 3.8) is 0 Å². The minimum absolute atomic E-state index is 0.0132. The van der Waals surface area contributed by atoms with Crippen molar-refractivity contribution >= 4 is 17.7 Å². The van der Waals surface area contributed by atoms with Crippen molar-refractivity contribution < 1.29 is 9.53 Å². The lowest BCUT2D eigenvalue weighted by molar-refractivity contribution is -0.127. The van der Waals surface area contributed by atoms with Crippen LogP contribution in [0.25, 0.3) is 0 Å². The number of guanidine groups is 1. The van der Waals surface area contributed by atoms with Crippen LogP contribution < -0.4 is 15.0 Å². The fourth-order valence-electron chi connectivity index (χ4n) is 3.17. The summed E-state index contributed by atoms with van der Waals surface area (Å²) in [5.41, 5.74) is 1.08. The maximum atomic E-state index is 12.1. The molecule has 1 aliphatic heterocycles. The molecule has 1 aliphatic rings. The van der Waals surface area contributed by atoms with Gasteiger partial charge in [0.05, 0.1) is 20.2 Å². The number of anilines is 1. The first-order chi connectivity index (χ1) is 14.6. The fraction of sp³-hybridized carbons (Fsp3) is 0.409. The SMILES string of the molecule is COc1ccc(CN=C(NCC(=O)N(C)C)N2CCN(c3ccccn3)CC2)cc1. The first-order valence-electron chi connectivity index (χ1n) is 10.1. The fourth-order valence-corrected chi connectivity index (χ4v) is 3.17. The molecule has 3 rings (SSSR count). The van der Waals surface area contributed by atoms with Gasteiger partial charge in [-0.05, 0) is 29.8 Å². The standard InChI is InChI=1S/C22H30N6O2/c1-26(2)21(29)17-25-22(24-16-18-7-9-19(30-3)10-8-18)28-14-12-27(13-15-28)20-6-4-5-11-23-20/h4-11H,12-17H2,1-3H3,(H,24,25). The summed E-state index contributed by atoms with van der Waals surface area (Å²) >= 11 is 0. The van der Waals surface area contributed by atoms with E-state index in [1.165, 1.54) is 0 Å². The summed E-state index contributed by atoms with van der Waals surface area (Å²) in [5, 5.41) is 3.24. The van der Waals surface area contributed by atoms with Crippen LogP contribution in [-0.4, -0.2) is 80.6 Å². The van der Waals surface area contributed by atoms with Gasteiger partial charge in [0.15, 0.2) is 5.96 Å². The van der Waals surface area contributed by atoms with E-state index in [1.54, 1.807) is 26.1 Å². The summed E-state index contributed by atoms with van der Waals surface area (Å²) < 4.78 is 5.22. The Morgan fingerprint density at radius 2 is 1.87 bits per heavy atom. The largest absolute Gasteiger partial charge is 0.497 e. The Hall–Kier alpha value is -3.29. The predicted molar refractivity (Wildman–Crippen MR) is 119 cm³/mol. The maximum absolute atomic E-state index is 12.1. The number of likely N-dealkylation sites (N-methyl/N-ethyl adjacent to an activating group) is 1. The number of carbonyl (C=O) groups is 1. The van der Waals surface area contributed by atoms with Gasteiger partial charge in [-0.3, -0.25) is 4.79 Å². The van der Waals surface area contributed by atoms with Gasteiger partial charge < -0.3 is 24.8 Å². The lowest BCUT2D eigenvalue weighted by Crippen LogP contribution is -2.53. The summed E-state index contributed by atoms with van der Waals surface area (Å²) in [6.45, 7) is 4.06. The molecule has 1 amide bonds. The quantitative estimate of drug-likeness (QED) is 0.574. The van der Waals surface area contributed by atoms with Gasteiger partial charge in [0.2, 0.25) is 5.91 Å². The lowest BCUT2D eigenvalue weighted by Gasteiger charge is -2.37. The number of benzene rings is 1. The Morgan fingerprint density at radius 3 is 2.47 bits per heavy atom. The van der Waals surface area contributed by atoms with Crippen LogP contribution in [-0.2, 0) is 11.3 Å². The number of pyridine rings is 1. The van der Waals surface area contributed by atoms with Crippen molar-refractivity contribution in [2.75, 3.05) is 58.8 Å². The highest BCUT2D eigenvalue weighted by atomic mass is 16.5. The number of nitrogens with one attached hydrogen (secondary N) is 1. The number of methoxy groups -OCH3 is 1. The molecule has 0 radical (unpaired) electrons. The average molecular weight is 411 g/mol. The Kier molecular flexibility index (Phi) is 7.48. The molecule has 0 aliphatic carbocycles. The summed E-state index contributed by atoms with van der Waals surface area (Å²) in [6.07, 6.45) is 1.82. The second kappa shape index (κ2) is 10.5. The van der Waals surface area contributed by atoms with Gasteiger partial charge >= 0.3 is 0 Å². The molecule has 1 aromatic carbocycles. The smallest absolute Gasteiger partial charge is 0.241 e. The van der Waals surface area contributed by atoms with Gasteiger partial charge in [-0.1, -0.05) is 18.2 Å². The molecule has 1 aromatic heterocycles. The van der Waals surface area contributed by atoms with E-state index in [9.17, 15) is 4.79 Å². The molecule has 0 atom stereocenters. The first kappa shape index (κ1) is 21.4. The molecule has 2 heterocycles. The predicted octanol–water partition coefficient (Wildman–Crippen LogP) is 1.45. The van der Waals surface area contributed by atoms with Gasteiger partial charge in [-0.2, -0.15) is 0 Å². The molecule has 1 fully saturated rings. The van der Waals surface area contributed by atoms with E-state index in [1.807, 2.05) is 48.7 Å². The average Bonchev–Trinajstić information content (AvgIpc) is 2.80. The molecular weight excluding hydrogens is 380 g/mol. The number of hydrogen-bond acceptors (Lipinski definition) is 5. The van der Waals surface area contributed by atoms with Gasteiger partial charge in [0, 0.05) is 46.5 Å². The summed E-state index contributed by atoms with van der Waals surface area (Å²) in [6, 6.07) is 13.8. The highest BCUT2D eigenvalue weighted by Crippen LogP contribution is 2.14. The van der Waals surface area contributed by atoms with Crippen LogP contribution in [0.1, 0.15) is 5.56 Å². The van der Waals surface area contributed by atoms with Crippen LogP contribution in [0.2, 0.25) is 0 Å². The Morgan fingerprint density at radius 1 is 1.13 bits per heavy atom. The third-order valence-corrected chi connectivity index (χ3v) is 5.02. The molecule has 0 spiro atoms. The van der Waals surface area contributed by atoms with Crippen molar-refractivity contribution in [1.29, 1.82) is 0 Å². The van der Waals surface area contributed by atoms with Gasteiger partial charge in [-0.15, -0.1) is 0 Å². The number of aromatic nitrogens is 1. The molecule has 2 aromatic rings. The molecule has 1 saturated heterocycles. The van der Waals surface area contributed by atoms with Crippen LogP contribution in [0.4, 0.5) is 5.82 Å². The van der Waals surface area contributed by atoms with E-state index in [0.29, 0.717) is 6.54 Å². The van der Waals surface area contributed by atoms with Gasteiger partial charge in [-0.25, -0.2) is 9.98 Å². The second-order valence-corrected chi connectivity index (χ2v) is 7.29. The molecule has 8 heteroatoms. The number of piperazine rings is 1. The Balaban J connectivity index is 1.66. The van der Waals surface area contributed by atoms with Crippen molar-refractivity contribution in [3.8, 4) is 5.75 Å². The van der Waals surface area contributed by atoms with Gasteiger partial charge in [0.25, 0.3) is 0 Å². The zero-order valence-corrected chi connectivity index (χ0v) is 17.9. The first-order valence-corrected chi connectivity index (χ1v) is 10.1. The third kappa shape index (κ3) is 5.85. The maximum Gasteiger partial charge on any atom is 0.241 e. The van der Waals surface area contributed by atoms with Crippen LogP contribution in [0, 0.1) is 0 Å². The molecule has 8 nitrogen and oxygen atoms in total. The number of carbonyl (C=O) groups excluding carboxylic acids is 1. The van der Waals surface area contributed by atoms with Crippen LogP contribution >= 0.6 is 0 Å². The number of rotatable bonds is 6. The van der Waals surface area contributed by atoms with Crippen molar-refractivity contribution in [1.82, 2.24) is 20.1 Å². The third-order valence-electron chi connectivity index (χ3n) is 5.02. The molecule has 1 N–H and O–H groups in total. The summed E-state index contributed by atoms with van der Waals surface area (Å²) in [4.78, 5) is 27.3. The number of amides is 1. The Bertz CT molecular complexity index is 830. The summed E-state index contributed by atoms with van der Waals surface area (Å²) in [5.74, 6) is 2.58. The van der Waals surface area contributed by atoms with E-state index < -0.39 is 0 Å². The van der Waals surface area contributed by atoms with Gasteiger partial charge in [0.1, 0.15) is 11.6 Å². The molecule has 0 saturated carbocycles. The number of ether oxygens (including phenoxy) is 1. The van der Waals surface area contributed by atoms with Crippen molar-refractivity contribution in [2.24, 2.45) is 4.99 Å². The van der Waals surface area contributed by atoms with E-state index in [4.69, 9.17) is 9.73 Å². The molecule has 0 bridgehead atoms. The highest BCUT2D eigenvalue weighted by molar-refractivity contribution is 5.86.